The average Bonchev–Trinajstić information content (AvgIpc) is 3.12. The van der Waals surface area contributed by atoms with E-state index in [1.54, 1.807) is 24.5 Å². The van der Waals surface area contributed by atoms with Crippen LogP contribution in [0.15, 0.2) is 17.5 Å². The first-order valence-corrected chi connectivity index (χ1v) is 9.41. The first-order valence-electron chi connectivity index (χ1n) is 8.53. The summed E-state index contributed by atoms with van der Waals surface area (Å²) in [7, 11) is 4.49. The molecule has 1 aromatic heterocycles. The Kier molecular flexibility index (Phi) is 5.65. The van der Waals surface area contributed by atoms with E-state index in [0.29, 0.717) is 30.2 Å². The van der Waals surface area contributed by atoms with Gasteiger partial charge in [-0.1, -0.05) is 0 Å². The molecule has 0 N–H and O–H groups in total. The summed E-state index contributed by atoms with van der Waals surface area (Å²) in [5.74, 6) is 0.622. The minimum Gasteiger partial charge on any atom is -0.493 e. The van der Waals surface area contributed by atoms with E-state index in [2.05, 4.69) is 4.98 Å². The van der Waals surface area contributed by atoms with Crippen LogP contribution in [0.25, 0.3) is 0 Å². The van der Waals surface area contributed by atoms with Crippen LogP contribution in [0.3, 0.4) is 0 Å². The van der Waals surface area contributed by atoms with E-state index in [1.807, 2.05) is 19.1 Å². The number of nitrogens with zero attached hydrogens (tertiary/aromatic N) is 2. The highest BCUT2D eigenvalue weighted by Gasteiger charge is 2.35. The number of aryl methyl sites for hydroxylation is 1. The molecule has 7 nitrogen and oxygen atoms in total. The van der Waals surface area contributed by atoms with Gasteiger partial charge in [0.1, 0.15) is 5.69 Å². The van der Waals surface area contributed by atoms with Gasteiger partial charge in [-0.2, -0.15) is 0 Å². The lowest BCUT2D eigenvalue weighted by molar-refractivity contribution is -0.141. The number of esters is 1. The number of carbonyl (C=O) groups is 2. The average molecular weight is 390 g/mol. The SMILES string of the molecule is COC(=O)CC1c2cc(OC)c(OC)cc2CCN1C(=O)c1csc(C)n1. The lowest BCUT2D eigenvalue weighted by atomic mass is 9.89. The molecular weight excluding hydrogens is 368 g/mol. The zero-order chi connectivity index (χ0) is 19.6. The number of methoxy groups -OCH3 is 3. The molecule has 2 heterocycles. The maximum absolute atomic E-state index is 13.0. The van der Waals surface area contributed by atoms with E-state index in [-0.39, 0.29) is 18.3 Å². The molecule has 1 unspecified atom stereocenters. The number of ether oxygens (including phenoxy) is 3. The summed E-state index contributed by atoms with van der Waals surface area (Å²) in [6.45, 7) is 2.34. The van der Waals surface area contributed by atoms with Crippen LogP contribution in [0.2, 0.25) is 0 Å². The van der Waals surface area contributed by atoms with Gasteiger partial charge in [-0.05, 0) is 36.6 Å². The Morgan fingerprint density at radius 3 is 2.52 bits per heavy atom. The minimum atomic E-state index is -0.449. The Morgan fingerprint density at radius 2 is 1.93 bits per heavy atom. The quantitative estimate of drug-likeness (QED) is 0.731. The van der Waals surface area contributed by atoms with E-state index in [9.17, 15) is 9.59 Å². The van der Waals surface area contributed by atoms with Crippen molar-refractivity contribution in [3.8, 4) is 11.5 Å². The molecular formula is C19H22N2O5S. The minimum absolute atomic E-state index is 0.0633. The molecule has 0 aliphatic carbocycles. The third-order valence-electron chi connectivity index (χ3n) is 4.69. The maximum Gasteiger partial charge on any atom is 0.307 e. The molecule has 144 valence electrons. The smallest absolute Gasteiger partial charge is 0.307 e. The van der Waals surface area contributed by atoms with Gasteiger partial charge in [0.25, 0.3) is 5.91 Å². The second-order valence-corrected chi connectivity index (χ2v) is 7.26. The molecule has 1 amide bonds. The first kappa shape index (κ1) is 19.2. The summed E-state index contributed by atoms with van der Waals surface area (Å²) in [5.41, 5.74) is 2.29. The Bertz CT molecular complexity index is 864. The van der Waals surface area contributed by atoms with Gasteiger partial charge in [0.15, 0.2) is 11.5 Å². The number of hydrogen-bond donors (Lipinski definition) is 0. The van der Waals surface area contributed by atoms with E-state index in [0.717, 1.165) is 16.1 Å². The lowest BCUT2D eigenvalue weighted by Gasteiger charge is -2.37. The van der Waals surface area contributed by atoms with E-state index in [4.69, 9.17) is 14.2 Å². The normalized spacial score (nSPS) is 15.9. The molecule has 27 heavy (non-hydrogen) atoms. The third kappa shape index (κ3) is 3.75. The van der Waals surface area contributed by atoms with Gasteiger partial charge in [-0.15, -0.1) is 11.3 Å². The Balaban J connectivity index is 2.03. The lowest BCUT2D eigenvalue weighted by Crippen LogP contribution is -2.41. The summed E-state index contributed by atoms with van der Waals surface area (Å²) in [5, 5.41) is 2.57. The summed E-state index contributed by atoms with van der Waals surface area (Å²) in [6, 6.07) is 3.30. The van der Waals surface area contributed by atoms with E-state index in [1.165, 1.54) is 18.4 Å². The second kappa shape index (κ2) is 7.96. The second-order valence-electron chi connectivity index (χ2n) is 6.20. The first-order chi connectivity index (χ1) is 13.0. The van der Waals surface area contributed by atoms with Crippen molar-refractivity contribution in [2.24, 2.45) is 0 Å². The molecule has 1 aromatic carbocycles. The van der Waals surface area contributed by atoms with E-state index >= 15 is 0 Å². The zero-order valence-electron chi connectivity index (χ0n) is 15.8. The fourth-order valence-electron chi connectivity index (χ4n) is 3.34. The van der Waals surface area contributed by atoms with Gasteiger partial charge in [0.2, 0.25) is 0 Å². The highest BCUT2D eigenvalue weighted by molar-refractivity contribution is 7.09. The van der Waals surface area contributed by atoms with E-state index < -0.39 is 6.04 Å². The predicted molar refractivity (Wildman–Crippen MR) is 101 cm³/mol. The van der Waals surface area contributed by atoms with Crippen molar-refractivity contribution < 1.29 is 23.8 Å². The van der Waals surface area contributed by atoms with Crippen LogP contribution in [-0.4, -0.2) is 49.6 Å². The molecule has 1 aliphatic heterocycles. The summed E-state index contributed by atoms with van der Waals surface area (Å²) >= 11 is 1.43. The van der Waals surface area contributed by atoms with Gasteiger partial charge in [0, 0.05) is 11.9 Å². The highest BCUT2D eigenvalue weighted by Crippen LogP contribution is 2.40. The molecule has 8 heteroatoms. The van der Waals surface area contributed by atoms with Crippen LogP contribution in [0.5, 0.6) is 11.5 Å². The van der Waals surface area contributed by atoms with Gasteiger partial charge in [0.05, 0.1) is 38.8 Å². The highest BCUT2D eigenvalue weighted by atomic mass is 32.1. The zero-order valence-corrected chi connectivity index (χ0v) is 16.6. The molecule has 0 bridgehead atoms. The Hall–Kier alpha value is -2.61. The van der Waals surface area contributed by atoms with Crippen LogP contribution in [0.1, 0.15) is 39.1 Å². The topological polar surface area (TPSA) is 78.0 Å². The van der Waals surface area contributed by atoms with Crippen LogP contribution in [0.4, 0.5) is 0 Å². The summed E-state index contributed by atoms with van der Waals surface area (Å²) < 4.78 is 15.7. The monoisotopic (exact) mass is 390 g/mol. The molecule has 1 atom stereocenters. The van der Waals surface area contributed by atoms with Crippen molar-refractivity contribution in [1.29, 1.82) is 0 Å². The fourth-order valence-corrected chi connectivity index (χ4v) is 3.93. The molecule has 0 saturated carbocycles. The number of amides is 1. The van der Waals surface area contributed by atoms with Gasteiger partial charge in [-0.25, -0.2) is 4.98 Å². The predicted octanol–water partition coefficient (Wildman–Crippen LogP) is 2.77. The number of fused-ring (bicyclic) bond motifs is 1. The molecule has 2 aromatic rings. The largest absolute Gasteiger partial charge is 0.493 e. The number of benzene rings is 1. The van der Waals surface area contributed by atoms with Crippen molar-refractivity contribution in [3.63, 3.8) is 0 Å². The summed E-state index contributed by atoms with van der Waals surface area (Å²) in [6.07, 6.45) is 0.718. The van der Waals surface area contributed by atoms with Gasteiger partial charge in [-0.3, -0.25) is 9.59 Å². The molecule has 0 radical (unpaired) electrons. The van der Waals surface area contributed by atoms with Crippen molar-refractivity contribution in [2.45, 2.75) is 25.8 Å². The van der Waals surface area contributed by atoms with Crippen LogP contribution >= 0.6 is 11.3 Å². The number of rotatable bonds is 5. The van der Waals surface area contributed by atoms with Crippen molar-refractivity contribution in [2.75, 3.05) is 27.9 Å². The summed E-state index contributed by atoms with van der Waals surface area (Å²) in [4.78, 5) is 31.1. The fraction of sp³-hybridized carbons (Fsp3) is 0.421. The van der Waals surface area contributed by atoms with Crippen LogP contribution < -0.4 is 9.47 Å². The van der Waals surface area contributed by atoms with Crippen molar-refractivity contribution in [1.82, 2.24) is 9.88 Å². The molecule has 0 spiro atoms. The third-order valence-corrected chi connectivity index (χ3v) is 5.46. The Morgan fingerprint density at radius 1 is 1.22 bits per heavy atom. The van der Waals surface area contributed by atoms with Crippen molar-refractivity contribution in [3.05, 3.63) is 39.3 Å². The molecule has 1 aliphatic rings. The number of carbonyl (C=O) groups excluding carboxylic acids is 2. The number of hydrogen-bond acceptors (Lipinski definition) is 7. The number of aromatic nitrogens is 1. The molecule has 0 saturated heterocycles. The Labute approximate surface area is 161 Å². The molecule has 3 rings (SSSR count). The van der Waals surface area contributed by atoms with Crippen molar-refractivity contribution >= 4 is 23.2 Å². The van der Waals surface area contributed by atoms with Gasteiger partial charge >= 0.3 is 5.97 Å². The van der Waals surface area contributed by atoms with Gasteiger partial charge < -0.3 is 19.1 Å². The molecule has 0 fully saturated rings. The standard InChI is InChI=1S/C19H22N2O5S/c1-11-20-14(10-27-11)19(23)21-6-5-12-7-16(24-2)17(25-3)8-13(12)15(21)9-18(22)26-4/h7-8,10,15H,5-6,9H2,1-4H3. The van der Waals surface area contributed by atoms with Crippen LogP contribution in [0, 0.1) is 6.92 Å². The van der Waals surface area contributed by atoms with Crippen LogP contribution in [-0.2, 0) is 16.0 Å². The maximum atomic E-state index is 13.0. The number of thiazole rings is 1.